The molecule has 0 bridgehead atoms. The Morgan fingerprint density at radius 3 is 2.88 bits per heavy atom. The van der Waals surface area contributed by atoms with Crippen LogP contribution in [0.2, 0.25) is 0 Å². The normalized spacial score (nSPS) is 14.8. The molecule has 0 unspecified atom stereocenters. The van der Waals surface area contributed by atoms with Crippen molar-refractivity contribution in [2.24, 2.45) is 0 Å². The maximum atomic E-state index is 8.57. The zero-order valence-corrected chi connectivity index (χ0v) is 9.35. The number of hydrogen-bond donors (Lipinski definition) is 1. The first-order chi connectivity index (χ1) is 7.79. The van der Waals surface area contributed by atoms with Crippen molar-refractivity contribution in [1.82, 2.24) is 14.9 Å². The van der Waals surface area contributed by atoms with Gasteiger partial charge in [-0.2, -0.15) is 5.26 Å². The minimum absolute atomic E-state index is 0.348. The molecule has 2 rings (SSSR count). The van der Waals surface area contributed by atoms with Gasteiger partial charge in [0.25, 0.3) is 0 Å². The fourth-order valence-electron chi connectivity index (χ4n) is 1.54. The molecule has 1 fully saturated rings. The van der Waals surface area contributed by atoms with Crippen LogP contribution in [0.15, 0.2) is 12.4 Å². The second-order valence-corrected chi connectivity index (χ2v) is 4.04. The van der Waals surface area contributed by atoms with E-state index in [-0.39, 0.29) is 0 Å². The maximum absolute atomic E-state index is 8.57. The summed E-state index contributed by atoms with van der Waals surface area (Å²) >= 11 is 0. The van der Waals surface area contributed by atoms with E-state index in [4.69, 9.17) is 5.26 Å². The van der Waals surface area contributed by atoms with Crippen LogP contribution >= 0.6 is 0 Å². The van der Waals surface area contributed by atoms with Gasteiger partial charge < -0.3 is 10.2 Å². The molecule has 1 heterocycles. The number of nitrogens with zero attached hydrogens (tertiary/aromatic N) is 4. The van der Waals surface area contributed by atoms with E-state index in [0.717, 1.165) is 24.9 Å². The van der Waals surface area contributed by atoms with Gasteiger partial charge in [0.15, 0.2) is 5.69 Å². The molecule has 1 aliphatic rings. The summed E-state index contributed by atoms with van der Waals surface area (Å²) in [4.78, 5) is 10.4. The van der Waals surface area contributed by atoms with Crippen molar-refractivity contribution in [2.75, 3.05) is 25.5 Å². The van der Waals surface area contributed by atoms with Crippen molar-refractivity contribution < 1.29 is 0 Å². The average Bonchev–Trinajstić information content (AvgIpc) is 3.14. The van der Waals surface area contributed by atoms with Gasteiger partial charge in [0.1, 0.15) is 11.9 Å². The molecule has 0 spiro atoms. The summed E-state index contributed by atoms with van der Waals surface area (Å²) in [6, 6.07) is 2.73. The van der Waals surface area contributed by atoms with Gasteiger partial charge in [-0.15, -0.1) is 0 Å². The molecule has 1 saturated carbocycles. The fourth-order valence-corrected chi connectivity index (χ4v) is 1.54. The van der Waals surface area contributed by atoms with Gasteiger partial charge >= 0.3 is 0 Å². The third-order valence-electron chi connectivity index (χ3n) is 2.71. The highest BCUT2D eigenvalue weighted by molar-refractivity contribution is 5.32. The zero-order valence-electron chi connectivity index (χ0n) is 9.35. The SMILES string of the molecule is CN(CCNc1cnc(C#N)cn1)C1CC1. The van der Waals surface area contributed by atoms with Crippen LogP contribution in [0.25, 0.3) is 0 Å². The molecule has 0 radical (unpaired) electrons. The van der Waals surface area contributed by atoms with Gasteiger partial charge in [-0.3, -0.25) is 0 Å². The average molecular weight is 217 g/mol. The van der Waals surface area contributed by atoms with Gasteiger partial charge in [0, 0.05) is 19.1 Å². The van der Waals surface area contributed by atoms with Gasteiger partial charge in [0.05, 0.1) is 12.4 Å². The summed E-state index contributed by atoms with van der Waals surface area (Å²) in [6.07, 6.45) is 5.73. The lowest BCUT2D eigenvalue weighted by atomic mass is 10.4. The van der Waals surface area contributed by atoms with E-state index in [1.807, 2.05) is 6.07 Å². The van der Waals surface area contributed by atoms with Crippen molar-refractivity contribution in [1.29, 1.82) is 5.26 Å². The second kappa shape index (κ2) is 4.90. The van der Waals surface area contributed by atoms with E-state index >= 15 is 0 Å². The molecule has 0 saturated heterocycles. The van der Waals surface area contributed by atoms with Crippen molar-refractivity contribution in [3.63, 3.8) is 0 Å². The fraction of sp³-hybridized carbons (Fsp3) is 0.545. The Morgan fingerprint density at radius 1 is 1.50 bits per heavy atom. The summed E-state index contributed by atoms with van der Waals surface area (Å²) in [6.45, 7) is 1.86. The first kappa shape index (κ1) is 10.8. The predicted octanol–water partition coefficient (Wildman–Crippen LogP) is 0.854. The minimum Gasteiger partial charge on any atom is -0.368 e. The van der Waals surface area contributed by atoms with Crippen molar-refractivity contribution in [3.05, 3.63) is 18.1 Å². The van der Waals surface area contributed by atoms with Crippen LogP contribution in [0.4, 0.5) is 5.82 Å². The van der Waals surface area contributed by atoms with E-state index in [0.29, 0.717) is 5.69 Å². The Hall–Kier alpha value is -1.67. The molecule has 1 aliphatic carbocycles. The largest absolute Gasteiger partial charge is 0.368 e. The number of likely N-dealkylation sites (N-methyl/N-ethyl adjacent to an activating group) is 1. The summed E-state index contributed by atoms with van der Waals surface area (Å²) in [7, 11) is 2.14. The summed E-state index contributed by atoms with van der Waals surface area (Å²) in [5.74, 6) is 0.725. The highest BCUT2D eigenvalue weighted by Gasteiger charge is 2.25. The van der Waals surface area contributed by atoms with Gasteiger partial charge in [-0.25, -0.2) is 9.97 Å². The highest BCUT2D eigenvalue weighted by Crippen LogP contribution is 2.24. The molecule has 0 aromatic carbocycles. The quantitative estimate of drug-likeness (QED) is 0.792. The molecule has 5 nitrogen and oxygen atoms in total. The van der Waals surface area contributed by atoms with Crippen LogP contribution in [0.3, 0.4) is 0 Å². The van der Waals surface area contributed by atoms with E-state index in [1.54, 1.807) is 6.20 Å². The Labute approximate surface area is 95.1 Å². The molecular formula is C11H15N5. The number of rotatable bonds is 5. The lowest BCUT2D eigenvalue weighted by molar-refractivity contribution is 0.337. The van der Waals surface area contributed by atoms with E-state index in [9.17, 15) is 0 Å². The molecular weight excluding hydrogens is 202 g/mol. The number of anilines is 1. The first-order valence-corrected chi connectivity index (χ1v) is 5.46. The maximum Gasteiger partial charge on any atom is 0.158 e. The van der Waals surface area contributed by atoms with Crippen LogP contribution < -0.4 is 5.32 Å². The third-order valence-corrected chi connectivity index (χ3v) is 2.71. The van der Waals surface area contributed by atoms with Crippen molar-refractivity contribution in [2.45, 2.75) is 18.9 Å². The van der Waals surface area contributed by atoms with Gasteiger partial charge in [-0.05, 0) is 19.9 Å². The van der Waals surface area contributed by atoms with Gasteiger partial charge in [0.2, 0.25) is 0 Å². The predicted molar refractivity (Wildman–Crippen MR) is 60.9 cm³/mol. The van der Waals surface area contributed by atoms with Crippen LogP contribution in [-0.2, 0) is 0 Å². The summed E-state index contributed by atoms with van der Waals surface area (Å²) in [5.41, 5.74) is 0.348. The van der Waals surface area contributed by atoms with Crippen LogP contribution in [-0.4, -0.2) is 41.0 Å². The molecule has 84 valence electrons. The molecule has 16 heavy (non-hydrogen) atoms. The highest BCUT2D eigenvalue weighted by atomic mass is 15.2. The number of hydrogen-bond acceptors (Lipinski definition) is 5. The minimum atomic E-state index is 0.348. The van der Waals surface area contributed by atoms with E-state index < -0.39 is 0 Å². The first-order valence-electron chi connectivity index (χ1n) is 5.46. The van der Waals surface area contributed by atoms with Crippen molar-refractivity contribution >= 4 is 5.82 Å². The zero-order chi connectivity index (χ0) is 11.4. The lowest BCUT2D eigenvalue weighted by Gasteiger charge is -2.15. The molecule has 1 aromatic heterocycles. The number of aromatic nitrogens is 2. The smallest absolute Gasteiger partial charge is 0.158 e. The van der Waals surface area contributed by atoms with E-state index in [1.165, 1.54) is 19.0 Å². The van der Waals surface area contributed by atoms with Crippen LogP contribution in [0.5, 0.6) is 0 Å². The van der Waals surface area contributed by atoms with Crippen molar-refractivity contribution in [3.8, 4) is 6.07 Å². The van der Waals surface area contributed by atoms with Crippen LogP contribution in [0.1, 0.15) is 18.5 Å². The third kappa shape index (κ3) is 2.91. The van der Waals surface area contributed by atoms with Gasteiger partial charge in [-0.1, -0.05) is 0 Å². The molecule has 0 aliphatic heterocycles. The Kier molecular flexibility index (Phi) is 3.32. The Balaban J connectivity index is 1.74. The second-order valence-electron chi connectivity index (χ2n) is 4.04. The van der Waals surface area contributed by atoms with E-state index in [2.05, 4.69) is 27.2 Å². The lowest BCUT2D eigenvalue weighted by Crippen LogP contribution is -2.27. The topological polar surface area (TPSA) is 64.8 Å². The molecule has 0 atom stereocenters. The molecule has 0 amide bonds. The molecule has 1 N–H and O–H groups in total. The molecule has 5 heteroatoms. The Bertz CT molecular complexity index is 376. The number of nitrogens with one attached hydrogen (secondary N) is 1. The molecule has 1 aromatic rings. The number of nitriles is 1. The summed E-state index contributed by atoms with van der Waals surface area (Å²) in [5, 5.41) is 11.8. The monoisotopic (exact) mass is 217 g/mol. The Morgan fingerprint density at radius 2 is 2.31 bits per heavy atom. The van der Waals surface area contributed by atoms with Crippen LogP contribution in [0, 0.1) is 11.3 Å². The summed E-state index contributed by atoms with van der Waals surface area (Å²) < 4.78 is 0. The standard InChI is InChI=1S/C11H15N5/c1-16(10-2-3-10)5-4-13-11-8-14-9(6-12)7-15-11/h7-8,10H,2-5H2,1H3,(H,13,15).